The largest absolute Gasteiger partial charge is 0.307 e. The van der Waals surface area contributed by atoms with E-state index in [4.69, 9.17) is 0 Å². The van der Waals surface area contributed by atoms with Crippen molar-refractivity contribution < 1.29 is 8.78 Å². The predicted octanol–water partition coefficient (Wildman–Crippen LogP) is 0.322. The fraction of sp³-hybridized carbons (Fsp3) is 0.750. The Morgan fingerprint density at radius 3 is 2.30 bits per heavy atom. The van der Waals surface area contributed by atoms with Gasteiger partial charge in [-0.25, -0.2) is 0 Å². The lowest BCUT2D eigenvalue weighted by Gasteiger charge is -2.00. The molecule has 0 atom stereocenters. The number of nitrogens with zero attached hydrogens (tertiary/aromatic N) is 4. The van der Waals surface area contributed by atoms with Crippen molar-refractivity contribution in [3.05, 3.63) is 5.82 Å². The summed E-state index contributed by atoms with van der Waals surface area (Å²) in [5.74, 6) is -3.54. The zero-order valence-electron chi connectivity index (χ0n) is 5.54. The number of tetrazole rings is 1. The zero-order valence-corrected chi connectivity index (χ0v) is 5.54. The average Bonchev–Trinajstić information content (AvgIpc) is 2.11. The highest BCUT2D eigenvalue weighted by Crippen LogP contribution is 2.21. The smallest absolute Gasteiger partial charge is 0.198 e. The maximum absolute atomic E-state index is 12.3. The van der Waals surface area contributed by atoms with Gasteiger partial charge in [-0.15, -0.1) is 10.2 Å². The van der Waals surface area contributed by atoms with E-state index < -0.39 is 11.7 Å². The molecule has 1 aromatic rings. The molecule has 1 rings (SSSR count). The molecule has 0 bridgehead atoms. The summed E-state index contributed by atoms with van der Waals surface area (Å²) in [6.07, 6.45) is 0. The molecule has 0 aliphatic heterocycles. The highest BCUT2D eigenvalue weighted by atomic mass is 19.3. The van der Waals surface area contributed by atoms with Gasteiger partial charge in [-0.05, 0) is 5.21 Å². The first-order valence-corrected chi connectivity index (χ1v) is 2.62. The fourth-order valence-electron chi connectivity index (χ4n) is 0.460. The normalized spacial score (nSPS) is 12.0. The van der Waals surface area contributed by atoms with Crippen molar-refractivity contribution in [3.8, 4) is 0 Å². The molecule has 0 fully saturated rings. The van der Waals surface area contributed by atoms with E-state index in [9.17, 15) is 8.78 Å². The number of rotatable bonds is 1. The van der Waals surface area contributed by atoms with Crippen LogP contribution >= 0.6 is 0 Å². The molecule has 56 valence electrons. The van der Waals surface area contributed by atoms with Gasteiger partial charge in [0.2, 0.25) is 5.82 Å². The van der Waals surface area contributed by atoms with Gasteiger partial charge in [0.1, 0.15) is 0 Å². The van der Waals surface area contributed by atoms with E-state index in [0.717, 1.165) is 11.7 Å². The van der Waals surface area contributed by atoms with E-state index in [0.29, 0.717) is 0 Å². The Bertz CT molecular complexity index is 225. The predicted molar refractivity (Wildman–Crippen MR) is 28.4 cm³/mol. The summed E-state index contributed by atoms with van der Waals surface area (Å²) in [5, 5.41) is 9.72. The van der Waals surface area contributed by atoms with Crippen molar-refractivity contribution in [1.82, 2.24) is 20.2 Å². The summed E-state index contributed by atoms with van der Waals surface area (Å²) in [7, 11) is 1.43. The van der Waals surface area contributed by atoms with Gasteiger partial charge in [-0.2, -0.15) is 13.6 Å². The van der Waals surface area contributed by atoms with Crippen LogP contribution in [0.1, 0.15) is 12.7 Å². The van der Waals surface area contributed by atoms with Crippen LogP contribution in [0.3, 0.4) is 0 Å². The number of aromatic nitrogens is 4. The Balaban J connectivity index is 2.96. The second-order valence-corrected chi connectivity index (χ2v) is 1.99. The SMILES string of the molecule is Cn1nnc(C(C)(F)F)n1. The van der Waals surface area contributed by atoms with Gasteiger partial charge < -0.3 is 0 Å². The number of aryl methyl sites for hydroxylation is 1. The third kappa shape index (κ3) is 1.26. The van der Waals surface area contributed by atoms with Crippen molar-refractivity contribution in [3.63, 3.8) is 0 Å². The molecule has 4 nitrogen and oxygen atoms in total. The lowest BCUT2D eigenvalue weighted by Crippen LogP contribution is -2.09. The van der Waals surface area contributed by atoms with Crippen molar-refractivity contribution >= 4 is 0 Å². The number of halogens is 2. The molecule has 0 aliphatic rings. The van der Waals surface area contributed by atoms with E-state index in [2.05, 4.69) is 15.4 Å². The average molecular weight is 148 g/mol. The van der Waals surface area contributed by atoms with Crippen molar-refractivity contribution in [2.24, 2.45) is 7.05 Å². The van der Waals surface area contributed by atoms with Crippen LogP contribution in [0.15, 0.2) is 0 Å². The van der Waals surface area contributed by atoms with E-state index in [1.54, 1.807) is 0 Å². The van der Waals surface area contributed by atoms with Gasteiger partial charge in [0.15, 0.2) is 0 Å². The molecule has 0 amide bonds. The first-order chi connectivity index (χ1) is 4.50. The molecule has 10 heavy (non-hydrogen) atoms. The van der Waals surface area contributed by atoms with E-state index in [1.165, 1.54) is 7.05 Å². The molecule has 0 N–H and O–H groups in total. The highest BCUT2D eigenvalue weighted by molar-refractivity contribution is 4.86. The molecular weight excluding hydrogens is 142 g/mol. The van der Waals surface area contributed by atoms with Crippen LogP contribution in [0.2, 0.25) is 0 Å². The maximum Gasteiger partial charge on any atom is 0.307 e. The van der Waals surface area contributed by atoms with E-state index in [1.807, 2.05) is 0 Å². The first-order valence-electron chi connectivity index (χ1n) is 2.62. The van der Waals surface area contributed by atoms with Gasteiger partial charge in [0.25, 0.3) is 0 Å². The van der Waals surface area contributed by atoms with Gasteiger partial charge >= 0.3 is 5.92 Å². The molecule has 0 aliphatic carbocycles. The van der Waals surface area contributed by atoms with Gasteiger partial charge in [0, 0.05) is 6.92 Å². The number of hydrogen-bond acceptors (Lipinski definition) is 3. The molecule has 1 aromatic heterocycles. The van der Waals surface area contributed by atoms with Crippen molar-refractivity contribution in [2.45, 2.75) is 12.8 Å². The fourth-order valence-corrected chi connectivity index (χ4v) is 0.460. The Labute approximate surface area is 55.8 Å². The number of alkyl halides is 2. The first kappa shape index (κ1) is 7.04. The minimum Gasteiger partial charge on any atom is -0.198 e. The lowest BCUT2D eigenvalue weighted by atomic mass is 10.4. The minimum atomic E-state index is -2.99. The molecule has 0 aromatic carbocycles. The minimum absolute atomic E-state index is 0.546. The van der Waals surface area contributed by atoms with Crippen LogP contribution in [0.25, 0.3) is 0 Å². The molecule has 0 radical (unpaired) electrons. The lowest BCUT2D eigenvalue weighted by molar-refractivity contribution is 0.00744. The maximum atomic E-state index is 12.3. The van der Waals surface area contributed by atoms with Crippen LogP contribution in [0, 0.1) is 0 Å². The van der Waals surface area contributed by atoms with Crippen LogP contribution in [0.5, 0.6) is 0 Å². The standard InChI is InChI=1S/C4H6F2N4/c1-4(5,6)3-7-9-10(2)8-3/h1-2H3. The third-order valence-electron chi connectivity index (χ3n) is 0.901. The molecule has 6 heteroatoms. The van der Waals surface area contributed by atoms with Crippen LogP contribution < -0.4 is 0 Å². The summed E-state index contributed by atoms with van der Waals surface area (Å²) < 4.78 is 24.6. The van der Waals surface area contributed by atoms with Crippen molar-refractivity contribution in [2.75, 3.05) is 0 Å². The third-order valence-corrected chi connectivity index (χ3v) is 0.901. The Hall–Kier alpha value is -1.07. The molecule has 1 heterocycles. The summed E-state index contributed by atoms with van der Waals surface area (Å²) in [6, 6.07) is 0. The molecular formula is C4H6F2N4. The van der Waals surface area contributed by atoms with Gasteiger partial charge in [-0.1, -0.05) is 0 Å². The summed E-state index contributed by atoms with van der Waals surface area (Å²) >= 11 is 0. The van der Waals surface area contributed by atoms with Gasteiger partial charge in [-0.3, -0.25) is 0 Å². The quantitative estimate of drug-likeness (QED) is 0.576. The Morgan fingerprint density at radius 2 is 2.10 bits per heavy atom. The molecule has 0 saturated carbocycles. The van der Waals surface area contributed by atoms with E-state index in [-0.39, 0.29) is 0 Å². The Morgan fingerprint density at radius 1 is 1.50 bits per heavy atom. The zero-order chi connectivity index (χ0) is 7.78. The second-order valence-electron chi connectivity index (χ2n) is 1.99. The van der Waals surface area contributed by atoms with Crippen molar-refractivity contribution in [1.29, 1.82) is 0 Å². The number of hydrogen-bond donors (Lipinski definition) is 0. The molecule has 0 spiro atoms. The topological polar surface area (TPSA) is 43.6 Å². The van der Waals surface area contributed by atoms with Crippen LogP contribution in [-0.4, -0.2) is 20.2 Å². The summed E-state index contributed by atoms with van der Waals surface area (Å²) in [6.45, 7) is 0.726. The highest BCUT2D eigenvalue weighted by Gasteiger charge is 2.29. The second kappa shape index (κ2) is 1.96. The van der Waals surface area contributed by atoms with Gasteiger partial charge in [0.05, 0.1) is 7.05 Å². The van der Waals surface area contributed by atoms with Crippen LogP contribution in [-0.2, 0) is 13.0 Å². The van der Waals surface area contributed by atoms with E-state index >= 15 is 0 Å². The summed E-state index contributed by atoms with van der Waals surface area (Å²) in [4.78, 5) is 0.993. The van der Waals surface area contributed by atoms with Crippen LogP contribution in [0.4, 0.5) is 8.78 Å². The Kier molecular flexibility index (Phi) is 1.38. The molecule has 0 unspecified atom stereocenters. The summed E-state index contributed by atoms with van der Waals surface area (Å²) in [5.41, 5.74) is 0. The molecule has 0 saturated heterocycles. The monoisotopic (exact) mass is 148 g/mol.